The quantitative estimate of drug-likeness (QED) is 0.928. The fourth-order valence-corrected chi connectivity index (χ4v) is 3.61. The number of rotatable bonds is 3. The minimum absolute atomic E-state index is 0.159. The summed E-state index contributed by atoms with van der Waals surface area (Å²) in [6, 6.07) is 12.4. The Morgan fingerprint density at radius 1 is 1.10 bits per heavy atom. The highest BCUT2D eigenvalue weighted by atomic mass is 16.3. The monoisotopic (exact) mass is 270 g/mol. The SMILES string of the molecule is Cn1nccc1C(O)C1(c2ccccc2)CCCCC1. The Morgan fingerprint density at radius 2 is 1.80 bits per heavy atom. The summed E-state index contributed by atoms with van der Waals surface area (Å²) in [5.74, 6) is 0. The van der Waals surface area contributed by atoms with Crippen LogP contribution in [0.1, 0.15) is 49.5 Å². The van der Waals surface area contributed by atoms with E-state index in [2.05, 4.69) is 29.4 Å². The van der Waals surface area contributed by atoms with Crippen molar-refractivity contribution in [2.75, 3.05) is 0 Å². The Kier molecular flexibility index (Phi) is 3.62. The number of aryl methyl sites for hydroxylation is 1. The van der Waals surface area contributed by atoms with Crippen molar-refractivity contribution in [3.63, 3.8) is 0 Å². The largest absolute Gasteiger partial charge is 0.386 e. The third kappa shape index (κ3) is 2.16. The van der Waals surface area contributed by atoms with Gasteiger partial charge in [-0.1, -0.05) is 49.6 Å². The lowest BCUT2D eigenvalue weighted by Gasteiger charge is -2.41. The lowest BCUT2D eigenvalue weighted by atomic mass is 9.65. The first kappa shape index (κ1) is 13.4. The number of benzene rings is 1. The summed E-state index contributed by atoms with van der Waals surface area (Å²) in [5, 5.41) is 15.3. The van der Waals surface area contributed by atoms with Crippen LogP contribution in [-0.2, 0) is 12.5 Å². The molecule has 0 radical (unpaired) electrons. The Morgan fingerprint density at radius 3 is 2.40 bits per heavy atom. The molecule has 0 aliphatic heterocycles. The van der Waals surface area contributed by atoms with Crippen molar-refractivity contribution in [3.8, 4) is 0 Å². The van der Waals surface area contributed by atoms with E-state index in [0.717, 1.165) is 18.5 Å². The Hall–Kier alpha value is -1.61. The predicted octanol–water partition coefficient (Wildman–Crippen LogP) is 3.36. The second-order valence-corrected chi connectivity index (χ2v) is 5.87. The number of aliphatic hydroxyl groups is 1. The molecule has 0 saturated heterocycles. The molecule has 3 rings (SSSR count). The highest BCUT2D eigenvalue weighted by Gasteiger charge is 2.42. The molecule has 0 bridgehead atoms. The van der Waals surface area contributed by atoms with E-state index in [4.69, 9.17) is 0 Å². The average molecular weight is 270 g/mol. The van der Waals surface area contributed by atoms with Crippen LogP contribution in [0.15, 0.2) is 42.6 Å². The van der Waals surface area contributed by atoms with E-state index in [0.29, 0.717) is 0 Å². The molecular formula is C17H22N2O. The fourth-order valence-electron chi connectivity index (χ4n) is 3.61. The Balaban J connectivity index is 2.04. The van der Waals surface area contributed by atoms with Gasteiger partial charge in [0.05, 0.1) is 5.69 Å². The molecule has 1 atom stereocenters. The van der Waals surface area contributed by atoms with Crippen molar-refractivity contribution in [2.24, 2.45) is 7.05 Å². The molecule has 3 nitrogen and oxygen atoms in total. The van der Waals surface area contributed by atoms with Crippen molar-refractivity contribution >= 4 is 0 Å². The average Bonchev–Trinajstić information content (AvgIpc) is 2.94. The van der Waals surface area contributed by atoms with Gasteiger partial charge in [-0.15, -0.1) is 0 Å². The van der Waals surface area contributed by atoms with E-state index in [1.807, 2.05) is 19.2 Å². The molecule has 1 heterocycles. The second kappa shape index (κ2) is 5.41. The maximum atomic E-state index is 11.1. The van der Waals surface area contributed by atoms with E-state index in [1.54, 1.807) is 10.9 Å². The van der Waals surface area contributed by atoms with Crippen molar-refractivity contribution in [2.45, 2.75) is 43.6 Å². The lowest BCUT2D eigenvalue weighted by Crippen LogP contribution is -2.37. The zero-order valence-electron chi connectivity index (χ0n) is 12.0. The number of aromatic nitrogens is 2. The van der Waals surface area contributed by atoms with Gasteiger partial charge in [0.1, 0.15) is 6.10 Å². The number of nitrogens with zero attached hydrogens (tertiary/aromatic N) is 2. The number of hydrogen-bond donors (Lipinski definition) is 1. The molecule has 20 heavy (non-hydrogen) atoms. The molecule has 0 spiro atoms. The van der Waals surface area contributed by atoms with Gasteiger partial charge in [0.2, 0.25) is 0 Å². The van der Waals surface area contributed by atoms with Crippen LogP contribution < -0.4 is 0 Å². The fraction of sp³-hybridized carbons (Fsp3) is 0.471. The topological polar surface area (TPSA) is 38.0 Å². The van der Waals surface area contributed by atoms with E-state index >= 15 is 0 Å². The Bertz CT molecular complexity index is 555. The van der Waals surface area contributed by atoms with Gasteiger partial charge in [-0.3, -0.25) is 4.68 Å². The molecule has 106 valence electrons. The van der Waals surface area contributed by atoms with Crippen LogP contribution >= 0.6 is 0 Å². The van der Waals surface area contributed by atoms with E-state index in [-0.39, 0.29) is 5.41 Å². The maximum absolute atomic E-state index is 11.1. The molecule has 3 heteroatoms. The van der Waals surface area contributed by atoms with Crippen molar-refractivity contribution < 1.29 is 5.11 Å². The molecule has 1 fully saturated rings. The van der Waals surface area contributed by atoms with Crippen LogP contribution in [0, 0.1) is 0 Å². The summed E-state index contributed by atoms with van der Waals surface area (Å²) < 4.78 is 1.80. The zero-order valence-corrected chi connectivity index (χ0v) is 12.0. The Labute approximate surface area is 120 Å². The smallest absolute Gasteiger partial charge is 0.105 e. The van der Waals surface area contributed by atoms with Gasteiger partial charge >= 0.3 is 0 Å². The molecule has 1 aliphatic rings. The van der Waals surface area contributed by atoms with Crippen LogP contribution in [0.2, 0.25) is 0 Å². The first-order valence-corrected chi connectivity index (χ1v) is 7.45. The second-order valence-electron chi connectivity index (χ2n) is 5.87. The standard InChI is InChI=1S/C17H22N2O/c1-19-15(10-13-18-19)16(20)17(11-6-3-7-12-17)14-8-4-2-5-9-14/h2,4-5,8-10,13,16,20H,3,6-7,11-12H2,1H3. The summed E-state index contributed by atoms with van der Waals surface area (Å²) in [6.45, 7) is 0. The van der Waals surface area contributed by atoms with Crippen LogP contribution in [0.3, 0.4) is 0 Å². The van der Waals surface area contributed by atoms with Crippen LogP contribution in [0.25, 0.3) is 0 Å². The van der Waals surface area contributed by atoms with Gasteiger partial charge in [-0.05, 0) is 24.5 Å². The van der Waals surface area contributed by atoms with E-state index < -0.39 is 6.10 Å². The first-order chi connectivity index (χ1) is 9.74. The molecule has 1 N–H and O–H groups in total. The first-order valence-electron chi connectivity index (χ1n) is 7.45. The normalized spacial score (nSPS) is 19.7. The van der Waals surface area contributed by atoms with Crippen molar-refractivity contribution in [1.82, 2.24) is 9.78 Å². The van der Waals surface area contributed by atoms with Gasteiger partial charge in [0, 0.05) is 18.7 Å². The predicted molar refractivity (Wildman–Crippen MR) is 79.4 cm³/mol. The summed E-state index contributed by atoms with van der Waals surface area (Å²) in [4.78, 5) is 0. The molecule has 0 amide bonds. The molecule has 1 aromatic heterocycles. The highest BCUT2D eigenvalue weighted by molar-refractivity contribution is 5.30. The highest BCUT2D eigenvalue weighted by Crippen LogP contribution is 2.47. The van der Waals surface area contributed by atoms with Crippen molar-refractivity contribution in [3.05, 3.63) is 53.9 Å². The minimum atomic E-state index is -0.488. The number of aliphatic hydroxyl groups excluding tert-OH is 1. The van der Waals surface area contributed by atoms with Gasteiger partial charge in [-0.2, -0.15) is 5.10 Å². The minimum Gasteiger partial charge on any atom is -0.386 e. The van der Waals surface area contributed by atoms with Gasteiger partial charge < -0.3 is 5.11 Å². The molecule has 1 saturated carbocycles. The third-order valence-electron chi connectivity index (χ3n) is 4.76. The lowest BCUT2D eigenvalue weighted by molar-refractivity contribution is 0.0465. The molecule has 1 aromatic carbocycles. The van der Waals surface area contributed by atoms with Gasteiger partial charge in [0.25, 0.3) is 0 Å². The van der Waals surface area contributed by atoms with Crippen LogP contribution in [0.5, 0.6) is 0 Å². The van der Waals surface area contributed by atoms with Crippen molar-refractivity contribution in [1.29, 1.82) is 0 Å². The summed E-state index contributed by atoms with van der Waals surface area (Å²) in [5.41, 5.74) is 2.01. The summed E-state index contributed by atoms with van der Waals surface area (Å²) >= 11 is 0. The molecule has 2 aromatic rings. The maximum Gasteiger partial charge on any atom is 0.105 e. The molecular weight excluding hydrogens is 248 g/mol. The summed E-state index contributed by atoms with van der Waals surface area (Å²) in [7, 11) is 1.90. The zero-order chi connectivity index (χ0) is 14.0. The van der Waals surface area contributed by atoms with Gasteiger partial charge in [-0.25, -0.2) is 0 Å². The summed E-state index contributed by atoms with van der Waals surface area (Å²) in [6.07, 6.45) is 7.00. The van der Waals surface area contributed by atoms with Crippen LogP contribution in [-0.4, -0.2) is 14.9 Å². The molecule has 1 unspecified atom stereocenters. The van der Waals surface area contributed by atoms with Gasteiger partial charge in [0.15, 0.2) is 0 Å². The molecule has 1 aliphatic carbocycles. The third-order valence-corrected chi connectivity index (χ3v) is 4.76. The van der Waals surface area contributed by atoms with E-state index in [1.165, 1.54) is 24.8 Å². The number of hydrogen-bond acceptors (Lipinski definition) is 2. The van der Waals surface area contributed by atoms with Crippen LogP contribution in [0.4, 0.5) is 0 Å². The van der Waals surface area contributed by atoms with E-state index in [9.17, 15) is 5.11 Å².